The van der Waals surface area contributed by atoms with Crippen LogP contribution in [0.15, 0.2) is 18.2 Å². The molecule has 1 atom stereocenters. The Bertz CT molecular complexity index is 444. The van der Waals surface area contributed by atoms with Crippen LogP contribution in [-0.4, -0.2) is 31.2 Å². The third-order valence-electron chi connectivity index (χ3n) is 3.15. The van der Waals surface area contributed by atoms with Crippen LogP contribution in [0.2, 0.25) is 0 Å². The molecule has 0 aliphatic carbocycles. The monoisotopic (exact) mass is 266 g/mol. The highest BCUT2D eigenvalue weighted by Gasteiger charge is 2.14. The van der Waals surface area contributed by atoms with Crippen molar-refractivity contribution in [3.8, 4) is 5.75 Å². The first kappa shape index (κ1) is 13.8. The second-order valence-corrected chi connectivity index (χ2v) is 4.60. The normalized spacial score (nSPS) is 18.5. The molecule has 6 nitrogen and oxygen atoms in total. The van der Waals surface area contributed by atoms with Crippen LogP contribution >= 0.6 is 0 Å². The molecule has 0 spiro atoms. The van der Waals surface area contributed by atoms with Crippen molar-refractivity contribution in [2.45, 2.75) is 25.5 Å². The largest absolute Gasteiger partial charge is 0.496 e. The van der Waals surface area contributed by atoms with Crippen molar-refractivity contribution >= 4 is 5.69 Å². The van der Waals surface area contributed by atoms with Crippen molar-refractivity contribution in [1.29, 1.82) is 0 Å². The van der Waals surface area contributed by atoms with E-state index in [-0.39, 0.29) is 5.69 Å². The molecule has 1 aromatic carbocycles. The lowest BCUT2D eigenvalue weighted by Crippen LogP contribution is -2.26. The molecule has 0 amide bonds. The summed E-state index contributed by atoms with van der Waals surface area (Å²) in [5.41, 5.74) is 0.779. The molecule has 1 unspecified atom stereocenters. The Hall–Kier alpha value is -1.66. The first-order valence-corrected chi connectivity index (χ1v) is 6.32. The van der Waals surface area contributed by atoms with Crippen LogP contribution < -0.4 is 10.1 Å². The summed E-state index contributed by atoms with van der Waals surface area (Å²) in [6.45, 7) is 2.03. The molecule has 6 heteroatoms. The van der Waals surface area contributed by atoms with E-state index in [1.54, 1.807) is 6.07 Å². The smallest absolute Gasteiger partial charge is 0.273 e. The zero-order valence-electron chi connectivity index (χ0n) is 10.9. The van der Waals surface area contributed by atoms with Crippen molar-refractivity contribution in [3.63, 3.8) is 0 Å². The minimum atomic E-state index is -0.426. The predicted octanol–water partition coefficient (Wildman–Crippen LogP) is 1.87. The van der Waals surface area contributed by atoms with Gasteiger partial charge in [0, 0.05) is 12.1 Å². The first-order chi connectivity index (χ1) is 9.19. The highest BCUT2D eigenvalue weighted by atomic mass is 16.6. The predicted molar refractivity (Wildman–Crippen MR) is 70.3 cm³/mol. The fraction of sp³-hybridized carbons (Fsp3) is 0.538. The molecule has 104 valence electrons. The molecule has 0 bridgehead atoms. The van der Waals surface area contributed by atoms with Crippen LogP contribution in [0.4, 0.5) is 5.69 Å². The Balaban J connectivity index is 1.94. The minimum absolute atomic E-state index is 0.0249. The lowest BCUT2D eigenvalue weighted by Gasteiger charge is -2.11. The number of hydrogen-bond donors (Lipinski definition) is 1. The van der Waals surface area contributed by atoms with E-state index < -0.39 is 4.92 Å². The molecule has 0 radical (unpaired) electrons. The third-order valence-corrected chi connectivity index (χ3v) is 3.15. The van der Waals surface area contributed by atoms with Gasteiger partial charge in [-0.05, 0) is 31.0 Å². The summed E-state index contributed by atoms with van der Waals surface area (Å²) in [6, 6.07) is 5.09. The number of rotatable bonds is 6. The van der Waals surface area contributed by atoms with Gasteiger partial charge in [-0.2, -0.15) is 0 Å². The van der Waals surface area contributed by atoms with Crippen LogP contribution in [-0.2, 0) is 11.3 Å². The van der Waals surface area contributed by atoms with Gasteiger partial charge < -0.3 is 14.8 Å². The Kier molecular flexibility index (Phi) is 4.70. The van der Waals surface area contributed by atoms with Crippen LogP contribution in [0.25, 0.3) is 0 Å². The second-order valence-electron chi connectivity index (χ2n) is 4.60. The number of ether oxygens (including phenoxy) is 2. The zero-order valence-corrected chi connectivity index (χ0v) is 10.9. The topological polar surface area (TPSA) is 73.6 Å². The number of benzene rings is 1. The summed E-state index contributed by atoms with van der Waals surface area (Å²) >= 11 is 0. The summed E-state index contributed by atoms with van der Waals surface area (Å²) < 4.78 is 10.7. The average Bonchev–Trinajstić information content (AvgIpc) is 2.91. The van der Waals surface area contributed by atoms with Gasteiger partial charge in [-0.1, -0.05) is 0 Å². The van der Waals surface area contributed by atoms with E-state index in [1.165, 1.54) is 25.7 Å². The number of methoxy groups -OCH3 is 1. The van der Waals surface area contributed by atoms with Gasteiger partial charge in [0.15, 0.2) is 0 Å². The Morgan fingerprint density at radius 2 is 2.32 bits per heavy atom. The number of nitro benzene ring substituents is 1. The van der Waals surface area contributed by atoms with E-state index in [1.807, 2.05) is 0 Å². The number of nitrogens with one attached hydrogen (secondary N) is 1. The summed E-state index contributed by atoms with van der Waals surface area (Å²) in [5.74, 6) is 0.479. The molecule has 19 heavy (non-hydrogen) atoms. The van der Waals surface area contributed by atoms with Crippen molar-refractivity contribution < 1.29 is 14.4 Å². The minimum Gasteiger partial charge on any atom is -0.496 e. The van der Waals surface area contributed by atoms with E-state index >= 15 is 0 Å². The van der Waals surface area contributed by atoms with Crippen molar-refractivity contribution in [1.82, 2.24) is 5.32 Å². The van der Waals surface area contributed by atoms with Gasteiger partial charge in [0.05, 0.1) is 31.3 Å². The van der Waals surface area contributed by atoms with Gasteiger partial charge >= 0.3 is 0 Å². The standard InChI is InChI=1S/C13H18N2O4/c1-18-13-6-10(5-12(7-13)15(16)17)8-19-9-11-3-2-4-14-11/h5-7,11,14H,2-4,8-9H2,1H3. The third kappa shape index (κ3) is 3.90. The van der Waals surface area contributed by atoms with Gasteiger partial charge in [0.1, 0.15) is 5.75 Å². The maximum absolute atomic E-state index is 10.8. The number of nitro groups is 1. The van der Waals surface area contributed by atoms with Crippen LogP contribution in [0.3, 0.4) is 0 Å². The van der Waals surface area contributed by atoms with Crippen molar-refractivity contribution in [3.05, 3.63) is 33.9 Å². The molecule has 2 rings (SSSR count). The lowest BCUT2D eigenvalue weighted by atomic mass is 10.2. The van der Waals surface area contributed by atoms with Crippen LogP contribution in [0, 0.1) is 10.1 Å². The Morgan fingerprint density at radius 3 is 2.95 bits per heavy atom. The molecule has 1 fully saturated rings. The van der Waals surface area contributed by atoms with E-state index in [2.05, 4.69) is 5.32 Å². The van der Waals surface area contributed by atoms with Gasteiger partial charge in [0.25, 0.3) is 5.69 Å². The SMILES string of the molecule is COc1cc(COCC2CCCN2)cc([N+](=O)[O-])c1. The van der Waals surface area contributed by atoms with Crippen LogP contribution in [0.5, 0.6) is 5.75 Å². The Morgan fingerprint density at radius 1 is 1.47 bits per heavy atom. The molecule has 0 aromatic heterocycles. The Labute approximate surface area is 111 Å². The summed E-state index contributed by atoms with van der Waals surface area (Å²) in [4.78, 5) is 10.4. The van der Waals surface area contributed by atoms with E-state index in [9.17, 15) is 10.1 Å². The van der Waals surface area contributed by atoms with Crippen LogP contribution in [0.1, 0.15) is 18.4 Å². The molecule has 1 heterocycles. The lowest BCUT2D eigenvalue weighted by molar-refractivity contribution is -0.385. The summed E-state index contributed by atoms with van der Waals surface area (Å²) in [5, 5.41) is 14.1. The fourth-order valence-corrected chi connectivity index (χ4v) is 2.17. The molecule has 1 saturated heterocycles. The summed E-state index contributed by atoms with van der Waals surface area (Å²) in [7, 11) is 1.49. The van der Waals surface area contributed by atoms with Gasteiger partial charge in [-0.15, -0.1) is 0 Å². The molecular weight excluding hydrogens is 248 g/mol. The quantitative estimate of drug-likeness (QED) is 0.628. The number of non-ortho nitro benzene ring substituents is 1. The van der Waals surface area contributed by atoms with Gasteiger partial charge in [-0.25, -0.2) is 0 Å². The number of hydrogen-bond acceptors (Lipinski definition) is 5. The summed E-state index contributed by atoms with van der Waals surface area (Å²) in [6.07, 6.45) is 2.30. The zero-order chi connectivity index (χ0) is 13.7. The van der Waals surface area contributed by atoms with E-state index in [0.717, 1.165) is 18.5 Å². The van der Waals surface area contributed by atoms with Gasteiger partial charge in [0.2, 0.25) is 0 Å². The highest BCUT2D eigenvalue weighted by molar-refractivity contribution is 5.42. The average molecular weight is 266 g/mol. The molecule has 1 N–H and O–H groups in total. The maximum Gasteiger partial charge on any atom is 0.273 e. The van der Waals surface area contributed by atoms with Gasteiger partial charge in [-0.3, -0.25) is 10.1 Å². The fourth-order valence-electron chi connectivity index (χ4n) is 2.17. The molecule has 1 aliphatic rings. The van der Waals surface area contributed by atoms with Crippen molar-refractivity contribution in [2.24, 2.45) is 0 Å². The number of nitrogens with zero attached hydrogens (tertiary/aromatic N) is 1. The molecular formula is C13H18N2O4. The highest BCUT2D eigenvalue weighted by Crippen LogP contribution is 2.23. The molecule has 1 aromatic rings. The first-order valence-electron chi connectivity index (χ1n) is 6.32. The second kappa shape index (κ2) is 6.49. The molecule has 0 saturated carbocycles. The van der Waals surface area contributed by atoms with Crippen molar-refractivity contribution in [2.75, 3.05) is 20.3 Å². The van der Waals surface area contributed by atoms with E-state index in [4.69, 9.17) is 9.47 Å². The maximum atomic E-state index is 10.8. The van der Waals surface area contributed by atoms with E-state index in [0.29, 0.717) is 25.0 Å². The molecule has 1 aliphatic heterocycles.